The van der Waals surface area contributed by atoms with Crippen LogP contribution in [0.4, 0.5) is 13.9 Å². The van der Waals surface area contributed by atoms with Crippen molar-refractivity contribution in [2.75, 3.05) is 18.1 Å². The van der Waals surface area contributed by atoms with E-state index in [1.165, 1.54) is 28.1 Å². The van der Waals surface area contributed by atoms with Gasteiger partial charge in [0.15, 0.2) is 28.6 Å². The van der Waals surface area contributed by atoms with E-state index in [0.29, 0.717) is 16.7 Å². The topological polar surface area (TPSA) is 156 Å². The molecule has 1 fully saturated rings. The highest BCUT2D eigenvalue weighted by Gasteiger charge is 2.55. The molecule has 0 radical (unpaired) electrons. The van der Waals surface area contributed by atoms with E-state index in [4.69, 9.17) is 15.2 Å². The van der Waals surface area contributed by atoms with Gasteiger partial charge < -0.3 is 25.7 Å². The number of hydrogen-bond donors (Lipinski definition) is 3. The Hall–Kier alpha value is -5.28. The van der Waals surface area contributed by atoms with Crippen molar-refractivity contribution in [2.45, 2.75) is 17.5 Å². The summed E-state index contributed by atoms with van der Waals surface area (Å²) in [5, 5.41) is 15.9. The minimum Gasteiger partial charge on any atom is -0.489 e. The number of aromatic nitrogens is 1. The first kappa shape index (κ1) is 31.7. The number of halogens is 2. The maximum absolute atomic E-state index is 14.1. The second-order valence-corrected chi connectivity index (χ2v) is 12.3. The van der Waals surface area contributed by atoms with Gasteiger partial charge in [0.05, 0.1) is 0 Å². The van der Waals surface area contributed by atoms with Gasteiger partial charge in [-0.2, -0.15) is 0 Å². The maximum Gasteiger partial charge on any atom is 0.356 e. The Bertz CT molecular complexity index is 1850. The molecule has 4 N–H and O–H groups in total. The summed E-state index contributed by atoms with van der Waals surface area (Å²) in [6.45, 7) is -0.246. The fraction of sp³-hybridized carbons (Fsp3) is 0.156. The average Bonchev–Trinajstić information content (AvgIpc) is 3.52. The second-order valence-electron chi connectivity index (χ2n) is 10.3. The van der Waals surface area contributed by atoms with Gasteiger partial charge in [0, 0.05) is 22.8 Å². The Labute approximate surface area is 274 Å². The van der Waals surface area contributed by atoms with E-state index < -0.39 is 52.6 Å². The van der Waals surface area contributed by atoms with E-state index in [2.05, 4.69) is 15.5 Å². The van der Waals surface area contributed by atoms with E-state index in [1.54, 1.807) is 0 Å². The molecule has 2 atom stereocenters. The van der Waals surface area contributed by atoms with E-state index in [1.807, 2.05) is 60.7 Å². The highest BCUT2D eigenvalue weighted by Crippen LogP contribution is 2.42. The summed E-state index contributed by atoms with van der Waals surface area (Å²) < 4.78 is 39.2. The number of nitrogens with two attached hydrogens (primary N) is 1. The summed E-state index contributed by atoms with van der Waals surface area (Å²) in [5.41, 5.74) is 6.87. The quantitative estimate of drug-likeness (QED) is 0.0735. The van der Waals surface area contributed by atoms with E-state index >= 15 is 0 Å². The van der Waals surface area contributed by atoms with Gasteiger partial charge in [-0.05, 0) is 23.3 Å². The molecular weight excluding hydrogens is 653 g/mol. The lowest BCUT2D eigenvalue weighted by molar-refractivity contribution is -0.154. The summed E-state index contributed by atoms with van der Waals surface area (Å²) in [4.78, 5) is 45.9. The number of rotatable bonds is 10. The molecule has 2 amide bonds. The van der Waals surface area contributed by atoms with Crippen LogP contribution in [-0.4, -0.2) is 62.4 Å². The number of benzene rings is 3. The minimum absolute atomic E-state index is 0.0151. The third-order valence-corrected chi connectivity index (χ3v) is 9.35. The lowest BCUT2D eigenvalue weighted by atomic mass is 10.0. The summed E-state index contributed by atoms with van der Waals surface area (Å²) in [6, 6.07) is 20.1. The molecule has 3 heterocycles. The summed E-state index contributed by atoms with van der Waals surface area (Å²) >= 11 is 2.28. The molecule has 2 aliphatic rings. The fourth-order valence-electron chi connectivity index (χ4n) is 5.09. The van der Waals surface area contributed by atoms with Crippen LogP contribution in [-0.2, 0) is 19.1 Å². The molecule has 0 bridgehead atoms. The Morgan fingerprint density at radius 1 is 1.06 bits per heavy atom. The number of oxime groups is 1. The number of carbonyl (C=O) groups excluding carboxylic acids is 3. The molecule has 15 heteroatoms. The Morgan fingerprint density at radius 3 is 2.34 bits per heavy atom. The third-order valence-electron chi connectivity index (χ3n) is 7.34. The molecule has 4 aromatic rings. The van der Waals surface area contributed by atoms with Crippen LogP contribution in [0.1, 0.15) is 22.9 Å². The molecule has 0 saturated carbocycles. The van der Waals surface area contributed by atoms with Crippen LogP contribution in [0.2, 0.25) is 0 Å². The molecule has 6 rings (SSSR count). The predicted molar refractivity (Wildman–Crippen MR) is 170 cm³/mol. The first-order valence-electron chi connectivity index (χ1n) is 14.0. The molecule has 0 aliphatic carbocycles. The number of carbonyl (C=O) groups is 3. The smallest absolute Gasteiger partial charge is 0.356 e. The molecule has 47 heavy (non-hydrogen) atoms. The van der Waals surface area contributed by atoms with Gasteiger partial charge in [-0.3, -0.25) is 14.5 Å². The zero-order chi connectivity index (χ0) is 33.1. The highest BCUT2D eigenvalue weighted by molar-refractivity contribution is 8.00. The van der Waals surface area contributed by atoms with Crippen LogP contribution in [0.3, 0.4) is 0 Å². The molecule has 240 valence electrons. The van der Waals surface area contributed by atoms with Crippen LogP contribution in [0.15, 0.2) is 101 Å². The molecule has 1 saturated heterocycles. The summed E-state index contributed by atoms with van der Waals surface area (Å²) in [7, 11) is 0. The first-order valence-corrected chi connectivity index (χ1v) is 16.0. The number of β-lactam (4-membered cyclic amide) rings is 1. The van der Waals surface area contributed by atoms with Gasteiger partial charge in [0.25, 0.3) is 11.8 Å². The van der Waals surface area contributed by atoms with Crippen molar-refractivity contribution in [3.63, 3.8) is 0 Å². The number of fused-ring (bicyclic) bond motifs is 1. The normalized spacial score (nSPS) is 17.6. The van der Waals surface area contributed by atoms with Crippen molar-refractivity contribution in [1.29, 1.82) is 0 Å². The van der Waals surface area contributed by atoms with Crippen LogP contribution in [0, 0.1) is 11.6 Å². The molecule has 1 aromatic heterocycles. The van der Waals surface area contributed by atoms with Crippen molar-refractivity contribution in [1.82, 2.24) is 15.2 Å². The van der Waals surface area contributed by atoms with Crippen molar-refractivity contribution < 1.29 is 37.8 Å². The number of nitrogens with zero attached hydrogens (tertiary/aromatic N) is 3. The number of ether oxygens (including phenoxy) is 2. The SMILES string of the molecule is Nc1nc(C(=NO)C(=O)NC2C(=O)N3C(C(=O)OC(c4ccccc4)c4ccccc4)=C(COc4ccc(F)c(F)c4)CS[C@@H]23)cs1. The third kappa shape index (κ3) is 6.53. The Balaban J connectivity index is 1.29. The van der Waals surface area contributed by atoms with Gasteiger partial charge in [-0.1, -0.05) is 65.8 Å². The molecule has 0 spiro atoms. The number of nitrogen functional groups attached to an aromatic ring is 1. The number of esters is 1. The van der Waals surface area contributed by atoms with Gasteiger partial charge in [-0.15, -0.1) is 23.1 Å². The van der Waals surface area contributed by atoms with Gasteiger partial charge in [-0.25, -0.2) is 18.6 Å². The van der Waals surface area contributed by atoms with Crippen molar-refractivity contribution in [3.8, 4) is 5.75 Å². The van der Waals surface area contributed by atoms with Crippen LogP contribution in [0.25, 0.3) is 0 Å². The number of amides is 2. The first-order chi connectivity index (χ1) is 22.7. The van der Waals surface area contributed by atoms with Gasteiger partial charge in [0.1, 0.15) is 35.2 Å². The maximum atomic E-state index is 14.1. The van der Waals surface area contributed by atoms with Crippen molar-refractivity contribution in [2.24, 2.45) is 5.16 Å². The van der Waals surface area contributed by atoms with E-state index in [9.17, 15) is 28.4 Å². The Morgan fingerprint density at radius 2 is 1.74 bits per heavy atom. The molecule has 11 nitrogen and oxygen atoms in total. The number of hydrogen-bond acceptors (Lipinski definition) is 11. The molecule has 1 unspecified atom stereocenters. The standard InChI is InChI=1S/C32H25F2N5O6S2/c33-21-12-11-20(13-22(21)34)44-14-19-15-46-30-25(37-28(40)24(38-43)23-16-47-32(35)36-23)29(41)39(30)26(19)31(42)45-27(17-7-3-1-4-8-17)18-9-5-2-6-10-18/h1-13,16,25,27,30,43H,14-15H2,(H2,35,36)(H,37,40)/t25?,30-/m0/s1. The van der Waals surface area contributed by atoms with E-state index in [-0.39, 0.29) is 34.6 Å². The zero-order valence-corrected chi connectivity index (χ0v) is 25.8. The molecule has 2 aliphatic heterocycles. The molecule has 3 aromatic carbocycles. The largest absolute Gasteiger partial charge is 0.489 e. The minimum atomic E-state index is -1.11. The van der Waals surface area contributed by atoms with Crippen LogP contribution >= 0.6 is 23.1 Å². The number of anilines is 1. The average molecular weight is 678 g/mol. The monoisotopic (exact) mass is 677 g/mol. The highest BCUT2D eigenvalue weighted by atomic mass is 32.2. The predicted octanol–water partition coefficient (Wildman–Crippen LogP) is 4.25. The number of thioether (sulfide) groups is 1. The van der Waals surface area contributed by atoms with Crippen LogP contribution in [0.5, 0.6) is 5.75 Å². The second kappa shape index (κ2) is 13.6. The number of nitrogens with one attached hydrogen (secondary N) is 1. The van der Waals surface area contributed by atoms with Gasteiger partial charge >= 0.3 is 5.97 Å². The fourth-order valence-corrected chi connectivity index (χ4v) is 6.96. The number of thiazole rings is 1. The van der Waals surface area contributed by atoms with E-state index in [0.717, 1.165) is 23.5 Å². The van der Waals surface area contributed by atoms with Crippen molar-refractivity contribution >= 4 is 51.7 Å². The summed E-state index contributed by atoms with van der Waals surface area (Å²) in [5.74, 6) is -4.29. The molecular formula is C32H25F2N5O6S2. The summed E-state index contributed by atoms with van der Waals surface area (Å²) in [6.07, 6.45) is -0.834. The lowest BCUT2D eigenvalue weighted by Gasteiger charge is -2.49. The van der Waals surface area contributed by atoms with Crippen LogP contribution < -0.4 is 15.8 Å². The Kier molecular flexibility index (Phi) is 9.17. The zero-order valence-electron chi connectivity index (χ0n) is 24.2. The lowest BCUT2D eigenvalue weighted by Crippen LogP contribution is -2.71. The van der Waals surface area contributed by atoms with Crippen molar-refractivity contribution in [3.05, 3.63) is 124 Å². The van der Waals surface area contributed by atoms with Gasteiger partial charge in [0.2, 0.25) is 0 Å².